The van der Waals surface area contributed by atoms with E-state index in [0.717, 1.165) is 6.07 Å². The highest BCUT2D eigenvalue weighted by Gasteiger charge is 2.62. The molecule has 8 heteroatoms. The van der Waals surface area contributed by atoms with Crippen molar-refractivity contribution in [1.29, 1.82) is 0 Å². The molecule has 0 saturated carbocycles. The molecule has 1 aliphatic rings. The molecule has 1 unspecified atom stereocenters. The first kappa shape index (κ1) is 14.5. The summed E-state index contributed by atoms with van der Waals surface area (Å²) in [6, 6.07) is 0.246. The van der Waals surface area contributed by atoms with Gasteiger partial charge < -0.3 is 10.5 Å². The normalized spacial score (nSPS) is 17.0. The zero-order chi connectivity index (χ0) is 14.4. The molecule has 2 rings (SSSR count). The van der Waals surface area contributed by atoms with Gasteiger partial charge >= 0.3 is 12.1 Å². The van der Waals surface area contributed by atoms with Crippen molar-refractivity contribution in [2.24, 2.45) is 5.73 Å². The quantitative estimate of drug-likeness (QED) is 0.831. The molecule has 1 aromatic carbocycles. The Labute approximate surface area is 113 Å². The number of alkyl halides is 5. The zero-order valence-corrected chi connectivity index (χ0v) is 11.0. The van der Waals surface area contributed by atoms with Crippen molar-refractivity contribution in [2.45, 2.75) is 24.6 Å². The Kier molecular flexibility index (Phi) is 3.51. The largest absolute Gasteiger partial charge is 0.493 e. The minimum Gasteiger partial charge on any atom is -0.493 e. The van der Waals surface area contributed by atoms with Crippen LogP contribution in [0.4, 0.5) is 22.0 Å². The van der Waals surface area contributed by atoms with E-state index in [9.17, 15) is 22.0 Å². The van der Waals surface area contributed by atoms with Gasteiger partial charge in [-0.05, 0) is 17.7 Å². The van der Waals surface area contributed by atoms with Crippen molar-refractivity contribution in [3.63, 3.8) is 0 Å². The summed E-state index contributed by atoms with van der Waals surface area (Å²) in [4.78, 5) is 0. The first-order valence-corrected chi connectivity index (χ1v) is 6.09. The fourth-order valence-electron chi connectivity index (χ4n) is 1.90. The molecule has 1 aromatic rings. The van der Waals surface area contributed by atoms with Crippen molar-refractivity contribution in [3.05, 3.63) is 27.7 Å². The molecule has 0 radical (unpaired) electrons. The fourth-order valence-corrected chi connectivity index (χ4v) is 2.42. The Bertz CT molecular complexity index is 503. The van der Waals surface area contributed by atoms with Gasteiger partial charge in [0.1, 0.15) is 11.8 Å². The number of halogens is 6. The standard InChI is InChI=1S/C11H9BrF5NO/c12-6-3-5-1-2-19-8(5)7(4-6)9(18)10(13,14)11(15,16)17/h3-4,9H,1-2,18H2. The van der Waals surface area contributed by atoms with Crippen molar-refractivity contribution in [1.82, 2.24) is 0 Å². The summed E-state index contributed by atoms with van der Waals surface area (Å²) in [5.41, 5.74) is 5.35. The summed E-state index contributed by atoms with van der Waals surface area (Å²) in [6.07, 6.45) is -5.26. The molecule has 0 amide bonds. The topological polar surface area (TPSA) is 35.2 Å². The molecule has 0 fully saturated rings. The molecule has 0 spiro atoms. The highest BCUT2D eigenvalue weighted by molar-refractivity contribution is 9.10. The van der Waals surface area contributed by atoms with Crippen LogP contribution in [-0.4, -0.2) is 18.7 Å². The van der Waals surface area contributed by atoms with Gasteiger partial charge in [0.15, 0.2) is 0 Å². The monoisotopic (exact) mass is 345 g/mol. The molecule has 106 valence electrons. The van der Waals surface area contributed by atoms with Crippen molar-refractivity contribution in [3.8, 4) is 5.75 Å². The van der Waals surface area contributed by atoms with Gasteiger partial charge in [0, 0.05) is 16.5 Å². The predicted molar refractivity (Wildman–Crippen MR) is 61.3 cm³/mol. The SMILES string of the molecule is NC(c1cc(Br)cc2c1OCC2)C(F)(F)C(F)(F)F. The number of hydrogen-bond acceptors (Lipinski definition) is 2. The van der Waals surface area contributed by atoms with E-state index in [1.54, 1.807) is 6.07 Å². The van der Waals surface area contributed by atoms with Crippen LogP contribution < -0.4 is 10.5 Å². The number of hydrogen-bond donors (Lipinski definition) is 1. The second-order valence-electron chi connectivity index (χ2n) is 4.18. The van der Waals surface area contributed by atoms with Crippen LogP contribution in [-0.2, 0) is 6.42 Å². The number of fused-ring (bicyclic) bond motifs is 1. The lowest BCUT2D eigenvalue weighted by Gasteiger charge is -2.27. The lowest BCUT2D eigenvalue weighted by atomic mass is 9.97. The second-order valence-corrected chi connectivity index (χ2v) is 5.10. The van der Waals surface area contributed by atoms with E-state index in [0.29, 0.717) is 16.5 Å². The van der Waals surface area contributed by atoms with Crippen LogP contribution in [0.1, 0.15) is 17.2 Å². The van der Waals surface area contributed by atoms with Gasteiger partial charge in [-0.15, -0.1) is 0 Å². The number of benzene rings is 1. The van der Waals surface area contributed by atoms with E-state index in [1.165, 1.54) is 0 Å². The molecule has 2 nitrogen and oxygen atoms in total. The molecule has 1 heterocycles. The molecular weight excluding hydrogens is 337 g/mol. The maximum Gasteiger partial charge on any atom is 0.455 e. The Balaban J connectivity index is 2.48. The highest BCUT2D eigenvalue weighted by Crippen LogP contribution is 2.47. The summed E-state index contributed by atoms with van der Waals surface area (Å²) >= 11 is 3.06. The summed E-state index contributed by atoms with van der Waals surface area (Å²) in [6.45, 7) is 0.239. The Morgan fingerprint density at radius 2 is 1.84 bits per heavy atom. The Morgan fingerprint density at radius 1 is 1.21 bits per heavy atom. The molecule has 0 saturated heterocycles. The third-order valence-electron chi connectivity index (χ3n) is 2.88. The summed E-state index contributed by atoms with van der Waals surface area (Å²) in [5.74, 6) is -4.99. The van der Waals surface area contributed by atoms with Crippen molar-refractivity contribution >= 4 is 15.9 Å². The van der Waals surface area contributed by atoms with E-state index in [4.69, 9.17) is 10.5 Å². The van der Waals surface area contributed by atoms with Crippen LogP contribution in [0.5, 0.6) is 5.75 Å². The van der Waals surface area contributed by atoms with Gasteiger partial charge in [0.25, 0.3) is 0 Å². The van der Waals surface area contributed by atoms with Gasteiger partial charge in [0.05, 0.1) is 6.61 Å². The summed E-state index contributed by atoms with van der Waals surface area (Å²) in [5, 5.41) is 0. The van der Waals surface area contributed by atoms with Crippen molar-refractivity contribution < 1.29 is 26.7 Å². The van der Waals surface area contributed by atoms with E-state index in [1.807, 2.05) is 0 Å². The van der Waals surface area contributed by atoms with E-state index < -0.39 is 18.1 Å². The first-order chi connectivity index (χ1) is 8.64. The van der Waals surface area contributed by atoms with Crippen molar-refractivity contribution in [2.75, 3.05) is 6.61 Å². The molecular formula is C11H9BrF5NO. The van der Waals surface area contributed by atoms with Gasteiger partial charge in [-0.1, -0.05) is 15.9 Å². The number of rotatable bonds is 2. The molecule has 0 bridgehead atoms. The average Bonchev–Trinajstić information content (AvgIpc) is 2.72. The minimum atomic E-state index is -5.71. The maximum absolute atomic E-state index is 13.3. The first-order valence-electron chi connectivity index (χ1n) is 5.30. The Hall–Kier alpha value is -0.890. The maximum atomic E-state index is 13.3. The minimum absolute atomic E-state index is 0.0274. The van der Waals surface area contributed by atoms with Crippen LogP contribution in [0, 0.1) is 0 Å². The van der Waals surface area contributed by atoms with Gasteiger partial charge in [0.2, 0.25) is 0 Å². The lowest BCUT2D eigenvalue weighted by Crippen LogP contribution is -2.46. The highest BCUT2D eigenvalue weighted by atomic mass is 79.9. The van der Waals surface area contributed by atoms with E-state index >= 15 is 0 Å². The van der Waals surface area contributed by atoms with Crippen LogP contribution in [0.2, 0.25) is 0 Å². The van der Waals surface area contributed by atoms with Crippen LogP contribution >= 0.6 is 15.9 Å². The fraction of sp³-hybridized carbons (Fsp3) is 0.455. The van der Waals surface area contributed by atoms with Crippen LogP contribution in [0.3, 0.4) is 0 Å². The van der Waals surface area contributed by atoms with Gasteiger partial charge in [-0.3, -0.25) is 0 Å². The van der Waals surface area contributed by atoms with Crippen LogP contribution in [0.25, 0.3) is 0 Å². The molecule has 0 aliphatic carbocycles. The molecule has 0 aromatic heterocycles. The van der Waals surface area contributed by atoms with Gasteiger partial charge in [-0.2, -0.15) is 22.0 Å². The Morgan fingerprint density at radius 3 is 2.42 bits per heavy atom. The molecule has 1 atom stereocenters. The summed E-state index contributed by atoms with van der Waals surface area (Å²) < 4.78 is 69.1. The molecule has 1 aliphatic heterocycles. The number of ether oxygens (including phenoxy) is 1. The molecule has 19 heavy (non-hydrogen) atoms. The number of nitrogens with two attached hydrogens (primary N) is 1. The van der Waals surface area contributed by atoms with Gasteiger partial charge in [-0.25, -0.2) is 0 Å². The predicted octanol–water partition coefficient (Wildman–Crippen LogP) is 3.58. The third kappa shape index (κ3) is 2.43. The third-order valence-corrected chi connectivity index (χ3v) is 3.34. The lowest BCUT2D eigenvalue weighted by molar-refractivity contribution is -0.291. The van der Waals surface area contributed by atoms with Crippen LogP contribution in [0.15, 0.2) is 16.6 Å². The van der Waals surface area contributed by atoms with E-state index in [-0.39, 0.29) is 17.9 Å². The zero-order valence-electron chi connectivity index (χ0n) is 9.40. The summed E-state index contributed by atoms with van der Waals surface area (Å²) in [7, 11) is 0. The molecule has 2 N–H and O–H groups in total. The second kappa shape index (κ2) is 4.59. The van der Waals surface area contributed by atoms with E-state index in [2.05, 4.69) is 15.9 Å². The smallest absolute Gasteiger partial charge is 0.455 e. The average molecular weight is 346 g/mol.